The second-order valence-electron chi connectivity index (χ2n) is 2.67. The largest absolute Gasteiger partial charge is 1.00 e. The molecule has 0 bridgehead atoms. The zero-order valence-electron chi connectivity index (χ0n) is 9.51. The number of aliphatic hydroxyl groups excluding tert-OH is 1. The Kier molecular flexibility index (Phi) is 11.0. The molecule has 0 saturated heterocycles. The first-order chi connectivity index (χ1) is 6.97. The molecule has 0 atom stereocenters. The number of hydrogen-bond donors (Lipinski definition) is 1. The van der Waals surface area contributed by atoms with Crippen LogP contribution < -0.4 is 29.6 Å². The van der Waals surface area contributed by atoms with Gasteiger partial charge in [-0.1, -0.05) is 17.7 Å². The Morgan fingerprint density at radius 2 is 1.69 bits per heavy atom. The molecule has 0 heterocycles. The molecule has 1 N–H and O–H groups in total. The fourth-order valence-corrected chi connectivity index (χ4v) is 1.55. The van der Waals surface area contributed by atoms with Crippen LogP contribution in [0.5, 0.6) is 0 Å². The second-order valence-corrected chi connectivity index (χ2v) is 4.65. The summed E-state index contributed by atoms with van der Waals surface area (Å²) in [5.74, 6) is 0. The van der Waals surface area contributed by atoms with Crippen LogP contribution in [0.2, 0.25) is 0 Å². The normalized spacial score (nSPS) is 9.75. The minimum absolute atomic E-state index is 0. The van der Waals surface area contributed by atoms with Crippen molar-refractivity contribution in [1.82, 2.24) is 0 Å². The summed E-state index contributed by atoms with van der Waals surface area (Å²) in [7, 11) is -3.62. The van der Waals surface area contributed by atoms with Crippen LogP contribution in [0.3, 0.4) is 0 Å². The quantitative estimate of drug-likeness (QED) is 0.719. The number of hydrogen-bond acceptors (Lipinski definition) is 3. The molecule has 4 nitrogen and oxygen atoms in total. The molecule has 1 aromatic carbocycles. The zero-order valence-corrected chi connectivity index (χ0v) is 13.1. The number of sulfonamides is 1. The summed E-state index contributed by atoms with van der Waals surface area (Å²) in [4.78, 5) is 0.114. The van der Waals surface area contributed by atoms with Crippen molar-refractivity contribution >= 4 is 21.8 Å². The van der Waals surface area contributed by atoms with Crippen molar-refractivity contribution in [3.63, 3.8) is 0 Å². The van der Waals surface area contributed by atoms with Gasteiger partial charge in [0.2, 0.25) is 0 Å². The van der Waals surface area contributed by atoms with E-state index in [0.29, 0.717) is 0 Å². The van der Waals surface area contributed by atoms with E-state index < -0.39 is 10.0 Å². The van der Waals surface area contributed by atoms with Gasteiger partial charge >= 0.3 is 29.6 Å². The van der Waals surface area contributed by atoms with Crippen molar-refractivity contribution in [2.75, 3.05) is 6.61 Å². The molecule has 16 heavy (non-hydrogen) atoms. The van der Waals surface area contributed by atoms with Crippen molar-refractivity contribution in [3.8, 4) is 0 Å². The van der Waals surface area contributed by atoms with Crippen molar-refractivity contribution in [2.45, 2.75) is 18.7 Å². The van der Waals surface area contributed by atoms with Gasteiger partial charge in [-0.2, -0.15) is 0 Å². The van der Waals surface area contributed by atoms with E-state index in [-0.39, 0.29) is 41.1 Å². The van der Waals surface area contributed by atoms with Gasteiger partial charge < -0.3 is 9.35 Å². The number of aryl methyl sites for hydroxylation is 1. The topological polar surface area (TPSA) is 68.5 Å². The van der Waals surface area contributed by atoms with Gasteiger partial charge in [-0.15, -0.1) is 0 Å². The maximum atomic E-state index is 11.0. The molecular weight excluding hydrogens is 261 g/mol. The van der Waals surface area contributed by atoms with Crippen LogP contribution in [-0.2, 0) is 10.0 Å². The number of halogens is 1. The fourth-order valence-electron chi connectivity index (χ4n) is 0.750. The predicted octanol–water partition coefficient (Wildman–Crippen LogP) is -0.786. The third kappa shape index (κ3) is 6.85. The molecule has 1 rings (SSSR count). The molecule has 0 radical (unpaired) electrons. The van der Waals surface area contributed by atoms with E-state index in [1.807, 2.05) is 6.92 Å². The fraction of sp³-hybridized carbons (Fsp3) is 0.333. The van der Waals surface area contributed by atoms with Crippen LogP contribution in [0, 0.1) is 6.92 Å². The zero-order chi connectivity index (χ0) is 11.9. The van der Waals surface area contributed by atoms with Gasteiger partial charge in [-0.25, -0.2) is 8.42 Å². The van der Waals surface area contributed by atoms with Gasteiger partial charge in [0.1, 0.15) is 10.0 Å². The van der Waals surface area contributed by atoms with Crippen LogP contribution in [0.4, 0.5) is 0 Å². The molecule has 0 saturated carbocycles. The van der Waals surface area contributed by atoms with E-state index in [0.717, 1.165) is 5.56 Å². The molecule has 7 heteroatoms. The maximum Gasteiger partial charge on any atom is 1.00 e. The Hall–Kier alpha value is 0.380. The third-order valence-corrected chi connectivity index (χ3v) is 3.00. The molecule has 0 aliphatic heterocycles. The minimum Gasteiger partial charge on any atom is -0.458 e. The van der Waals surface area contributed by atoms with Gasteiger partial charge in [0.15, 0.2) is 0 Å². The van der Waals surface area contributed by atoms with Crippen LogP contribution in [0.15, 0.2) is 29.2 Å². The number of benzene rings is 1. The van der Waals surface area contributed by atoms with E-state index in [1.165, 1.54) is 12.1 Å². The molecular formula is C9H13ClNNaO3S. The van der Waals surface area contributed by atoms with Crippen LogP contribution in [0.1, 0.15) is 12.5 Å². The van der Waals surface area contributed by atoms with Gasteiger partial charge in [-0.3, -0.25) is 11.8 Å². The van der Waals surface area contributed by atoms with E-state index in [1.54, 1.807) is 19.1 Å². The summed E-state index contributed by atoms with van der Waals surface area (Å²) in [6, 6.07) is 6.32. The van der Waals surface area contributed by atoms with Crippen molar-refractivity contribution < 1.29 is 43.1 Å². The predicted molar refractivity (Wildman–Crippen MR) is 60.3 cm³/mol. The molecule has 0 unspecified atom stereocenters. The molecule has 0 fully saturated rings. The monoisotopic (exact) mass is 273 g/mol. The van der Waals surface area contributed by atoms with Crippen LogP contribution in [0.25, 0.3) is 4.24 Å². The first kappa shape index (κ1) is 18.7. The van der Waals surface area contributed by atoms with E-state index in [4.69, 9.17) is 16.9 Å². The van der Waals surface area contributed by atoms with Crippen molar-refractivity contribution in [1.29, 1.82) is 0 Å². The maximum absolute atomic E-state index is 11.0. The Bertz CT molecular complexity index is 380. The number of nitrogens with zero attached hydrogens (tertiary/aromatic N) is 1. The Morgan fingerprint density at radius 1 is 1.31 bits per heavy atom. The molecule has 0 aliphatic rings. The Labute approximate surface area is 123 Å². The summed E-state index contributed by atoms with van der Waals surface area (Å²) in [6.07, 6.45) is 0. The second kappa shape index (κ2) is 9.41. The smallest absolute Gasteiger partial charge is 0.458 e. The Morgan fingerprint density at radius 3 is 2.00 bits per heavy atom. The number of aliphatic hydroxyl groups is 1. The molecule has 0 amide bonds. The first-order valence-electron chi connectivity index (χ1n) is 4.23. The van der Waals surface area contributed by atoms with Crippen LogP contribution >= 0.6 is 11.8 Å². The average molecular weight is 274 g/mol. The van der Waals surface area contributed by atoms with E-state index in [9.17, 15) is 8.42 Å². The molecule has 0 aromatic heterocycles. The van der Waals surface area contributed by atoms with Gasteiger partial charge in [-0.05, 0) is 26.0 Å². The minimum atomic E-state index is -3.62. The Balaban J connectivity index is 0. The average Bonchev–Trinajstić information content (AvgIpc) is 2.20. The van der Waals surface area contributed by atoms with Crippen molar-refractivity contribution in [3.05, 3.63) is 34.1 Å². The molecule has 1 aromatic rings. The molecule has 0 spiro atoms. The van der Waals surface area contributed by atoms with Gasteiger partial charge in [0.25, 0.3) is 0 Å². The third-order valence-electron chi connectivity index (χ3n) is 1.41. The van der Waals surface area contributed by atoms with E-state index in [2.05, 4.69) is 4.24 Å². The van der Waals surface area contributed by atoms with Gasteiger partial charge in [0.05, 0.1) is 0 Å². The first-order valence-corrected chi connectivity index (χ1v) is 6.01. The van der Waals surface area contributed by atoms with Crippen molar-refractivity contribution in [2.24, 2.45) is 0 Å². The van der Waals surface area contributed by atoms with Crippen LogP contribution in [-0.4, -0.2) is 20.1 Å². The van der Waals surface area contributed by atoms with Gasteiger partial charge in [0, 0.05) is 11.5 Å². The van der Waals surface area contributed by atoms with E-state index >= 15 is 0 Å². The SMILES string of the molecule is CCO.Cc1ccc(S(=O)(=O)[N-]Cl)cc1.[Na+]. The number of rotatable bonds is 2. The summed E-state index contributed by atoms with van der Waals surface area (Å²) in [5.41, 5.74) is 0.989. The summed E-state index contributed by atoms with van der Waals surface area (Å²) in [6.45, 7) is 3.80. The summed E-state index contributed by atoms with van der Waals surface area (Å²) >= 11 is 4.90. The molecule has 0 aliphatic carbocycles. The molecule has 86 valence electrons. The summed E-state index contributed by atoms with van der Waals surface area (Å²) in [5, 5.41) is 7.57. The summed E-state index contributed by atoms with van der Waals surface area (Å²) < 4.78 is 24.8. The standard InChI is InChI=1S/C7H7ClNO2S.C2H6O.Na/c1-6-2-4-7(5-3-6)12(10,11)9-8;1-2-3;/h2-5H,1H3;3H,2H2,1H3;/q-1;;+1.